The first kappa shape index (κ1) is 16.9. The van der Waals surface area contributed by atoms with E-state index in [1.54, 1.807) is 10.4 Å². The minimum atomic E-state index is -3.40. The van der Waals surface area contributed by atoms with Gasteiger partial charge in [0.2, 0.25) is 10.0 Å². The molecule has 0 aromatic heterocycles. The molecule has 1 aliphatic rings. The van der Waals surface area contributed by atoms with Gasteiger partial charge in [-0.2, -0.15) is 4.31 Å². The summed E-state index contributed by atoms with van der Waals surface area (Å²) in [4.78, 5) is 0.378. The molecule has 0 atom stereocenters. The molecule has 0 heterocycles. The molecule has 1 aromatic carbocycles. The topological polar surface area (TPSA) is 49.4 Å². The van der Waals surface area contributed by atoms with Crippen LogP contribution in [0.5, 0.6) is 0 Å². The van der Waals surface area contributed by atoms with Gasteiger partial charge in [0, 0.05) is 23.6 Å². The summed E-state index contributed by atoms with van der Waals surface area (Å²) in [5, 5.41) is 3.24. The Labute approximate surface area is 136 Å². The number of hydrogen-bond donors (Lipinski definition) is 1. The Kier molecular flexibility index (Phi) is 5.82. The summed E-state index contributed by atoms with van der Waals surface area (Å²) in [7, 11) is -3.40. The minimum absolute atomic E-state index is 0.197. The van der Waals surface area contributed by atoms with Crippen LogP contribution in [0, 0.1) is 0 Å². The first-order valence-electron chi connectivity index (χ1n) is 7.51. The highest BCUT2D eigenvalue weighted by molar-refractivity contribution is 9.10. The quantitative estimate of drug-likeness (QED) is 0.760. The number of nitrogens with one attached hydrogen (secondary N) is 1. The van der Waals surface area contributed by atoms with E-state index in [1.165, 1.54) is 0 Å². The van der Waals surface area contributed by atoms with Crippen molar-refractivity contribution in [2.24, 2.45) is 0 Å². The van der Waals surface area contributed by atoms with Crippen LogP contribution >= 0.6 is 15.9 Å². The van der Waals surface area contributed by atoms with Crippen LogP contribution in [-0.2, 0) is 16.6 Å². The fourth-order valence-electron chi connectivity index (χ4n) is 2.34. The molecule has 118 valence electrons. The van der Waals surface area contributed by atoms with Crippen molar-refractivity contribution in [2.45, 2.75) is 50.6 Å². The molecule has 0 amide bonds. The summed E-state index contributed by atoms with van der Waals surface area (Å²) in [6.45, 7) is 6.30. The maximum Gasteiger partial charge on any atom is 0.244 e. The van der Waals surface area contributed by atoms with Crippen molar-refractivity contribution in [3.8, 4) is 0 Å². The van der Waals surface area contributed by atoms with Crippen molar-refractivity contribution < 1.29 is 8.42 Å². The summed E-state index contributed by atoms with van der Waals surface area (Å²) in [6.07, 6.45) is 2.80. The maximum atomic E-state index is 12.8. The molecule has 6 heteroatoms. The Morgan fingerprint density at radius 1 is 1.33 bits per heavy atom. The summed E-state index contributed by atoms with van der Waals surface area (Å²) in [6, 6.07) is 5.70. The van der Waals surface area contributed by atoms with Crippen LogP contribution in [0.4, 0.5) is 0 Å². The maximum absolute atomic E-state index is 12.8. The molecule has 2 rings (SSSR count). The molecule has 0 bridgehead atoms. The average molecular weight is 375 g/mol. The van der Waals surface area contributed by atoms with Crippen molar-refractivity contribution >= 4 is 26.0 Å². The third-order valence-electron chi connectivity index (χ3n) is 3.56. The molecule has 4 nitrogen and oxygen atoms in total. The third kappa shape index (κ3) is 4.06. The normalized spacial score (nSPS) is 15.6. The smallest absolute Gasteiger partial charge is 0.244 e. The van der Waals surface area contributed by atoms with Gasteiger partial charge in [-0.15, -0.1) is 0 Å². The van der Waals surface area contributed by atoms with E-state index in [0.29, 0.717) is 15.9 Å². The molecule has 0 aliphatic heterocycles. The SMILES string of the molecule is CCCN(C1CC1)S(=O)(=O)c1ccc(CNCC)cc1Br. The van der Waals surface area contributed by atoms with E-state index in [0.717, 1.165) is 37.9 Å². The van der Waals surface area contributed by atoms with Gasteiger partial charge in [0.1, 0.15) is 0 Å². The van der Waals surface area contributed by atoms with Crippen LogP contribution in [0.2, 0.25) is 0 Å². The van der Waals surface area contributed by atoms with Gasteiger partial charge in [-0.05, 0) is 59.4 Å². The number of halogens is 1. The highest BCUT2D eigenvalue weighted by Crippen LogP contribution is 2.34. The van der Waals surface area contributed by atoms with E-state index < -0.39 is 10.0 Å². The Morgan fingerprint density at radius 3 is 2.57 bits per heavy atom. The van der Waals surface area contributed by atoms with Crippen LogP contribution in [-0.4, -0.2) is 31.9 Å². The molecular weight excluding hydrogens is 352 g/mol. The van der Waals surface area contributed by atoms with Crippen LogP contribution < -0.4 is 5.32 Å². The zero-order valence-electron chi connectivity index (χ0n) is 12.6. The first-order valence-corrected chi connectivity index (χ1v) is 9.75. The molecule has 1 saturated carbocycles. The van der Waals surface area contributed by atoms with E-state index in [2.05, 4.69) is 21.2 Å². The van der Waals surface area contributed by atoms with E-state index in [4.69, 9.17) is 0 Å². The molecule has 0 radical (unpaired) electrons. The molecule has 0 saturated heterocycles. The van der Waals surface area contributed by atoms with Gasteiger partial charge in [0.05, 0.1) is 4.90 Å². The Morgan fingerprint density at radius 2 is 2.05 bits per heavy atom. The summed E-state index contributed by atoms with van der Waals surface area (Å²) < 4.78 is 28.0. The van der Waals surface area contributed by atoms with Gasteiger partial charge in [-0.3, -0.25) is 0 Å². The van der Waals surface area contributed by atoms with Gasteiger partial charge in [-0.25, -0.2) is 8.42 Å². The Balaban J connectivity index is 2.26. The van der Waals surface area contributed by atoms with Gasteiger partial charge < -0.3 is 5.32 Å². The second-order valence-electron chi connectivity index (χ2n) is 5.39. The van der Waals surface area contributed by atoms with Gasteiger partial charge >= 0.3 is 0 Å². The average Bonchev–Trinajstić information content (AvgIpc) is 3.26. The fourth-order valence-corrected chi connectivity index (χ4v) is 5.21. The summed E-state index contributed by atoms with van der Waals surface area (Å²) in [5.41, 5.74) is 1.08. The third-order valence-corrected chi connectivity index (χ3v) is 6.49. The lowest BCUT2D eigenvalue weighted by Gasteiger charge is -2.22. The highest BCUT2D eigenvalue weighted by atomic mass is 79.9. The second kappa shape index (κ2) is 7.22. The lowest BCUT2D eigenvalue weighted by molar-refractivity contribution is 0.403. The number of nitrogens with zero attached hydrogens (tertiary/aromatic N) is 1. The summed E-state index contributed by atoms with van der Waals surface area (Å²) >= 11 is 3.43. The molecule has 1 aromatic rings. The van der Waals surface area contributed by atoms with E-state index in [9.17, 15) is 8.42 Å². The predicted octanol–water partition coefficient (Wildman–Crippen LogP) is 3.12. The van der Waals surface area contributed by atoms with Crippen molar-refractivity contribution in [3.63, 3.8) is 0 Å². The number of rotatable bonds is 8. The largest absolute Gasteiger partial charge is 0.313 e. The number of hydrogen-bond acceptors (Lipinski definition) is 3. The Hall–Kier alpha value is -0.430. The van der Waals surface area contributed by atoms with Gasteiger partial charge in [0.15, 0.2) is 0 Å². The molecule has 1 fully saturated rings. The fraction of sp³-hybridized carbons (Fsp3) is 0.600. The van der Waals surface area contributed by atoms with Crippen molar-refractivity contribution in [2.75, 3.05) is 13.1 Å². The first-order chi connectivity index (χ1) is 10.0. The highest BCUT2D eigenvalue weighted by Gasteiger charge is 2.38. The molecular formula is C15H23BrN2O2S. The number of sulfonamides is 1. The van der Waals surface area contributed by atoms with Crippen LogP contribution in [0.15, 0.2) is 27.6 Å². The molecule has 1 N–H and O–H groups in total. The van der Waals surface area contributed by atoms with E-state index in [-0.39, 0.29) is 6.04 Å². The zero-order chi connectivity index (χ0) is 15.5. The van der Waals surface area contributed by atoms with Crippen molar-refractivity contribution in [3.05, 3.63) is 28.2 Å². The Bertz CT molecular complexity index is 585. The van der Waals surface area contributed by atoms with Crippen LogP contribution in [0.1, 0.15) is 38.7 Å². The van der Waals surface area contributed by atoms with Gasteiger partial charge in [0.25, 0.3) is 0 Å². The predicted molar refractivity (Wildman–Crippen MR) is 88.7 cm³/mol. The van der Waals surface area contributed by atoms with Crippen molar-refractivity contribution in [1.82, 2.24) is 9.62 Å². The zero-order valence-corrected chi connectivity index (χ0v) is 15.0. The molecule has 21 heavy (non-hydrogen) atoms. The van der Waals surface area contributed by atoms with E-state index >= 15 is 0 Å². The monoisotopic (exact) mass is 374 g/mol. The van der Waals surface area contributed by atoms with Gasteiger partial charge in [-0.1, -0.05) is 19.9 Å². The summed E-state index contributed by atoms with van der Waals surface area (Å²) in [5.74, 6) is 0. The molecule has 0 spiro atoms. The van der Waals surface area contributed by atoms with Crippen LogP contribution in [0.25, 0.3) is 0 Å². The van der Waals surface area contributed by atoms with Crippen molar-refractivity contribution in [1.29, 1.82) is 0 Å². The lowest BCUT2D eigenvalue weighted by Crippen LogP contribution is -2.34. The minimum Gasteiger partial charge on any atom is -0.313 e. The second-order valence-corrected chi connectivity index (χ2v) is 8.11. The molecule has 0 unspecified atom stereocenters. The van der Waals surface area contributed by atoms with Crippen LogP contribution in [0.3, 0.4) is 0 Å². The standard InChI is InChI=1S/C15H23BrN2O2S/c1-3-9-18(13-6-7-13)21(19,20)15-8-5-12(10-14(15)16)11-17-4-2/h5,8,10,13,17H,3-4,6-7,9,11H2,1-2H3. The van der Waals surface area contributed by atoms with E-state index in [1.807, 2.05) is 26.0 Å². The number of benzene rings is 1. The lowest BCUT2D eigenvalue weighted by atomic mass is 10.2. The molecule has 1 aliphatic carbocycles.